The number of hydrogen-bond donors (Lipinski definition) is 3. The van der Waals surface area contributed by atoms with Gasteiger partial charge in [-0.15, -0.1) is 11.3 Å². The highest BCUT2D eigenvalue weighted by Crippen LogP contribution is 2.51. The highest BCUT2D eigenvalue weighted by atomic mass is 35.5. The first kappa shape index (κ1) is 51.5. The van der Waals surface area contributed by atoms with Crippen LogP contribution in [0.25, 0.3) is 10.4 Å². The van der Waals surface area contributed by atoms with Gasteiger partial charge in [0.15, 0.2) is 0 Å². The number of nitrogens with one attached hydrogen (secondary N) is 2. The molecule has 3 aliphatic heterocycles. The SMILES string of the molecule is CN[C@H](C(=O)N1CCCC1C(=O)NCc1ccc(-c2scnc2C)cc1OC1CC2(CCN(C(=O)CC(=O)N(C)c3cccc(Sc4cnc(N5CCC(C)(CN)CC5)cn4)c3Cl)CC2)C1)C(C)(C)C. The molecule has 2 aromatic heterocycles. The zero-order chi connectivity index (χ0) is 50.0. The number of rotatable bonds is 15. The van der Waals surface area contributed by atoms with Crippen molar-refractivity contribution in [1.29, 1.82) is 0 Å². The van der Waals surface area contributed by atoms with Crippen molar-refractivity contribution in [3.8, 4) is 16.2 Å². The third-order valence-electron chi connectivity index (χ3n) is 15.2. The zero-order valence-corrected chi connectivity index (χ0v) is 44.1. The molecule has 1 spiro atoms. The Balaban J connectivity index is 0.833. The minimum absolute atomic E-state index is 0.0259. The first-order chi connectivity index (χ1) is 33.4. The molecule has 4 amide bonds. The summed E-state index contributed by atoms with van der Waals surface area (Å²) >= 11 is 9.87. The van der Waals surface area contributed by atoms with E-state index in [1.54, 1.807) is 48.8 Å². The molecule has 5 heterocycles. The van der Waals surface area contributed by atoms with E-state index in [4.69, 9.17) is 22.1 Å². The molecule has 1 saturated carbocycles. The molecule has 1 aliphatic carbocycles. The molecule has 0 bridgehead atoms. The number of amides is 4. The molecule has 2 atom stereocenters. The van der Waals surface area contributed by atoms with E-state index in [9.17, 15) is 19.2 Å². The highest BCUT2D eigenvalue weighted by molar-refractivity contribution is 7.99. The van der Waals surface area contributed by atoms with Gasteiger partial charge in [-0.2, -0.15) is 0 Å². The fraction of sp³-hybridized carbons (Fsp3) is 0.558. The van der Waals surface area contributed by atoms with Crippen LogP contribution in [-0.4, -0.2) is 120 Å². The minimum Gasteiger partial charge on any atom is -0.490 e. The van der Waals surface area contributed by atoms with Gasteiger partial charge in [-0.05, 0) is 112 Å². The number of nitrogens with two attached hydrogens (primary N) is 1. The molecule has 18 heteroatoms. The molecule has 4 aliphatic rings. The van der Waals surface area contributed by atoms with Gasteiger partial charge in [-0.1, -0.05) is 69.3 Å². The molecule has 1 unspecified atom stereocenters. The Bertz CT molecular complexity index is 2530. The summed E-state index contributed by atoms with van der Waals surface area (Å²) in [6.07, 6.45) is 10.0. The van der Waals surface area contributed by atoms with Crippen molar-refractivity contribution in [1.82, 2.24) is 35.4 Å². The second-order valence-corrected chi connectivity index (χ2v) is 23.4. The van der Waals surface area contributed by atoms with E-state index in [0.29, 0.717) is 48.3 Å². The number of ether oxygens (including phenoxy) is 1. The topological polar surface area (TPSA) is 179 Å². The van der Waals surface area contributed by atoms with Crippen LogP contribution < -0.4 is 30.9 Å². The number of hydrogen-bond acceptors (Lipinski definition) is 13. The largest absolute Gasteiger partial charge is 0.490 e. The smallest absolute Gasteiger partial charge is 0.243 e. The van der Waals surface area contributed by atoms with Gasteiger partial charge in [0, 0.05) is 56.8 Å². The summed E-state index contributed by atoms with van der Waals surface area (Å²) in [4.78, 5) is 77.4. The number of aryl methyl sites for hydroxylation is 1. The Morgan fingerprint density at radius 3 is 2.40 bits per heavy atom. The molecule has 4 N–H and O–H groups in total. The Kier molecular flexibility index (Phi) is 15.8. The lowest BCUT2D eigenvalue weighted by Crippen LogP contribution is -2.55. The molecule has 2 aromatic carbocycles. The van der Waals surface area contributed by atoms with Crippen LogP contribution in [0.1, 0.15) is 96.7 Å². The normalized spacial score (nSPS) is 19.4. The van der Waals surface area contributed by atoms with E-state index in [-0.39, 0.29) is 58.9 Å². The number of anilines is 2. The molecule has 3 saturated heterocycles. The van der Waals surface area contributed by atoms with E-state index >= 15 is 0 Å². The average molecular weight is 1010 g/mol. The van der Waals surface area contributed by atoms with Crippen molar-refractivity contribution in [2.24, 2.45) is 22.0 Å². The second kappa shape index (κ2) is 21.5. The Labute approximate surface area is 426 Å². The summed E-state index contributed by atoms with van der Waals surface area (Å²) < 4.78 is 6.78. The Morgan fingerprint density at radius 2 is 1.76 bits per heavy atom. The summed E-state index contributed by atoms with van der Waals surface area (Å²) in [5.74, 6) is 0.825. The monoisotopic (exact) mass is 1010 g/mol. The van der Waals surface area contributed by atoms with Crippen molar-refractivity contribution in [3.05, 3.63) is 70.6 Å². The first-order valence-corrected chi connectivity index (χ1v) is 26.7. The summed E-state index contributed by atoms with van der Waals surface area (Å²) in [5.41, 5.74) is 11.1. The number of thiazole rings is 1. The number of benzene rings is 2. The lowest BCUT2D eigenvalue weighted by Gasteiger charge is -2.51. The molecule has 8 rings (SSSR count). The highest BCUT2D eigenvalue weighted by Gasteiger charge is 2.48. The van der Waals surface area contributed by atoms with E-state index in [1.165, 1.54) is 16.7 Å². The summed E-state index contributed by atoms with van der Waals surface area (Å²) in [7, 11) is 3.45. The maximum Gasteiger partial charge on any atom is 0.243 e. The second-order valence-electron chi connectivity index (χ2n) is 21.1. The van der Waals surface area contributed by atoms with Gasteiger partial charge in [-0.25, -0.2) is 15.0 Å². The number of carbonyl (C=O) groups is 4. The average Bonchev–Trinajstić information content (AvgIpc) is 4.01. The third kappa shape index (κ3) is 11.4. The van der Waals surface area contributed by atoms with Crippen LogP contribution in [0.15, 0.2) is 64.2 Å². The number of halogens is 1. The van der Waals surface area contributed by atoms with Gasteiger partial charge in [0.2, 0.25) is 23.6 Å². The molecule has 4 aromatic rings. The fourth-order valence-electron chi connectivity index (χ4n) is 10.5. The number of likely N-dealkylation sites (N-methyl/N-ethyl adjacent to an activating group) is 1. The molecule has 4 fully saturated rings. The Hall–Kier alpha value is -4.81. The van der Waals surface area contributed by atoms with Crippen LogP contribution in [-0.2, 0) is 25.7 Å². The molecule has 70 heavy (non-hydrogen) atoms. The molecule has 0 radical (unpaired) electrons. The van der Waals surface area contributed by atoms with Gasteiger partial charge in [0.25, 0.3) is 0 Å². The van der Waals surface area contributed by atoms with Gasteiger partial charge in [0.05, 0.1) is 51.3 Å². The van der Waals surface area contributed by atoms with Gasteiger partial charge in [0.1, 0.15) is 29.1 Å². The van der Waals surface area contributed by atoms with Crippen molar-refractivity contribution >= 4 is 69.8 Å². The van der Waals surface area contributed by atoms with Gasteiger partial charge >= 0.3 is 0 Å². The summed E-state index contributed by atoms with van der Waals surface area (Å²) in [5, 5.41) is 7.41. The van der Waals surface area contributed by atoms with Crippen molar-refractivity contribution < 1.29 is 23.9 Å². The third-order valence-corrected chi connectivity index (χ3v) is 17.6. The van der Waals surface area contributed by atoms with E-state index in [1.807, 2.05) is 62.4 Å². The molecule has 15 nitrogen and oxygen atoms in total. The molecule has 376 valence electrons. The molecular weight excluding hydrogens is 944 g/mol. The number of likely N-dealkylation sites (tertiary alicyclic amines) is 2. The van der Waals surface area contributed by atoms with Crippen LogP contribution in [0.4, 0.5) is 11.5 Å². The maximum absolute atomic E-state index is 13.7. The molecular formula is C52H69ClN10O5S2. The number of aromatic nitrogens is 3. The van der Waals surface area contributed by atoms with Crippen molar-refractivity contribution in [2.45, 2.75) is 127 Å². The predicted octanol–water partition coefficient (Wildman–Crippen LogP) is 7.72. The summed E-state index contributed by atoms with van der Waals surface area (Å²) in [6.45, 7) is 14.7. The van der Waals surface area contributed by atoms with Crippen molar-refractivity contribution in [2.75, 3.05) is 63.2 Å². The van der Waals surface area contributed by atoms with Crippen LogP contribution in [0.3, 0.4) is 0 Å². The number of nitrogens with zero attached hydrogens (tertiary/aromatic N) is 7. The van der Waals surface area contributed by atoms with Crippen LogP contribution in [0.5, 0.6) is 5.75 Å². The number of piperidine rings is 2. The van der Waals surface area contributed by atoms with Gasteiger partial charge in [-0.3, -0.25) is 19.2 Å². The quantitative estimate of drug-likeness (QED) is 0.0990. The Morgan fingerprint density at radius 1 is 1.01 bits per heavy atom. The van der Waals surface area contributed by atoms with E-state index in [2.05, 4.69) is 43.5 Å². The summed E-state index contributed by atoms with van der Waals surface area (Å²) in [6, 6.07) is 10.7. The van der Waals surface area contributed by atoms with E-state index in [0.717, 1.165) is 96.2 Å². The standard InChI is InChI=1S/C52H69ClN10O5S2/c1-33-46(69-32-59-33)34-13-14-35(28-58-48(66)38-11-9-19-63(38)49(67)47(55-6)50(2,3)4)39(24-34)68-36-26-52(27-36)17-22-62(23-18-52)44(65)25-43(64)60(7)37-10-8-12-40(45(37)53)70-42-30-56-41(29-57-42)61-20-15-51(5,31-54)16-21-61/h8,10,12-14,24,29-30,32,36,38,47,55H,9,11,15-23,25-28,31,54H2,1-7H3,(H,58,66)/t38?,47-/m1/s1. The van der Waals surface area contributed by atoms with Crippen LogP contribution >= 0.6 is 34.7 Å². The fourth-order valence-corrected chi connectivity index (χ4v) is 12.4. The van der Waals surface area contributed by atoms with Crippen molar-refractivity contribution in [3.63, 3.8) is 0 Å². The lowest BCUT2D eigenvalue weighted by atomic mass is 9.61. The van der Waals surface area contributed by atoms with Crippen LogP contribution in [0.2, 0.25) is 5.02 Å². The predicted molar refractivity (Wildman–Crippen MR) is 277 cm³/mol. The van der Waals surface area contributed by atoms with Crippen LogP contribution in [0, 0.1) is 23.2 Å². The minimum atomic E-state index is -0.525. The van der Waals surface area contributed by atoms with E-state index < -0.39 is 12.1 Å². The maximum atomic E-state index is 13.7. The first-order valence-electron chi connectivity index (χ1n) is 24.6. The van der Waals surface area contributed by atoms with Gasteiger partial charge < -0.3 is 40.7 Å². The lowest BCUT2D eigenvalue weighted by molar-refractivity contribution is -0.142. The number of carbonyl (C=O) groups excluding carboxylic acids is 4. The zero-order valence-electron chi connectivity index (χ0n) is 41.7.